The second-order valence-corrected chi connectivity index (χ2v) is 6.17. The van der Waals surface area contributed by atoms with Crippen LogP contribution in [0.25, 0.3) is 0 Å². The zero-order valence-corrected chi connectivity index (χ0v) is 15.9. The molecule has 0 radical (unpaired) electrons. The minimum atomic E-state index is -1.20. The average molecular weight is 403 g/mol. The van der Waals surface area contributed by atoms with Gasteiger partial charge in [-0.25, -0.2) is 4.99 Å². The molecule has 1 atom stereocenters. The molecule has 0 fully saturated rings. The van der Waals surface area contributed by atoms with Crippen LogP contribution in [-0.4, -0.2) is 30.0 Å². The van der Waals surface area contributed by atoms with Crippen LogP contribution < -0.4 is 22.5 Å². The fraction of sp³-hybridized carbons (Fsp3) is 0.0476. The van der Waals surface area contributed by atoms with Crippen LogP contribution in [0.5, 0.6) is 0 Å². The topological polar surface area (TPSA) is 165 Å². The van der Waals surface area contributed by atoms with Crippen LogP contribution in [-0.2, 0) is 9.53 Å². The summed E-state index contributed by atoms with van der Waals surface area (Å²) in [6.07, 6.45) is 2.57. The van der Waals surface area contributed by atoms with Gasteiger partial charge in [-0.1, -0.05) is 48.5 Å². The number of nitrogens with one attached hydrogen (secondary N) is 2. The normalized spacial score (nSPS) is 17.3. The molecule has 9 nitrogen and oxygen atoms in total. The Hall–Kier alpha value is -4.40. The molecular weight excluding hydrogens is 382 g/mol. The third-order valence-corrected chi connectivity index (χ3v) is 4.09. The van der Waals surface area contributed by atoms with Gasteiger partial charge in [-0.2, -0.15) is 4.99 Å². The highest BCUT2D eigenvalue weighted by atomic mass is 16.5. The summed E-state index contributed by atoms with van der Waals surface area (Å²) in [5.74, 6) is -0.682. The highest BCUT2D eigenvalue weighted by Gasteiger charge is 2.25. The zero-order chi connectivity index (χ0) is 21.5. The van der Waals surface area contributed by atoms with Crippen molar-refractivity contribution in [3.8, 4) is 0 Å². The van der Waals surface area contributed by atoms with Crippen molar-refractivity contribution in [1.82, 2.24) is 0 Å². The Morgan fingerprint density at radius 2 is 1.80 bits per heavy atom. The van der Waals surface area contributed by atoms with E-state index in [1.165, 1.54) is 12.2 Å². The van der Waals surface area contributed by atoms with Crippen LogP contribution in [0.4, 0.5) is 5.69 Å². The summed E-state index contributed by atoms with van der Waals surface area (Å²) in [6, 6.07) is 16.4. The maximum Gasteiger partial charge on any atom is 0.291 e. The summed E-state index contributed by atoms with van der Waals surface area (Å²) in [7, 11) is 0. The van der Waals surface area contributed by atoms with E-state index in [0.29, 0.717) is 11.4 Å². The molecule has 0 saturated heterocycles. The Morgan fingerprint density at radius 1 is 1.10 bits per heavy atom. The number of amides is 1. The fourth-order valence-corrected chi connectivity index (χ4v) is 2.71. The number of anilines is 1. The number of rotatable bonds is 5. The first-order valence-electron chi connectivity index (χ1n) is 8.96. The van der Waals surface area contributed by atoms with E-state index < -0.39 is 12.1 Å². The minimum Gasteiger partial charge on any atom is -0.408 e. The first-order chi connectivity index (χ1) is 14.5. The molecule has 1 unspecified atom stereocenters. The number of nitrogens with zero attached hydrogens (tertiary/aromatic N) is 2. The molecule has 2 aromatic carbocycles. The van der Waals surface area contributed by atoms with E-state index in [9.17, 15) is 4.79 Å². The summed E-state index contributed by atoms with van der Waals surface area (Å²) in [4.78, 5) is 21.3. The Kier molecular flexibility index (Phi) is 6.23. The minimum absolute atomic E-state index is 0.0582. The predicted molar refractivity (Wildman–Crippen MR) is 117 cm³/mol. The third kappa shape index (κ3) is 4.71. The van der Waals surface area contributed by atoms with E-state index in [0.717, 1.165) is 17.3 Å². The molecule has 1 heterocycles. The maximum atomic E-state index is 12.7. The number of allylic oxidation sites excluding steroid dienone is 2. The van der Waals surface area contributed by atoms with Gasteiger partial charge in [0.25, 0.3) is 11.9 Å². The lowest BCUT2D eigenvalue weighted by molar-refractivity contribution is -0.117. The number of para-hydroxylation sites is 1. The molecule has 0 aliphatic carbocycles. The van der Waals surface area contributed by atoms with Gasteiger partial charge in [0.05, 0.1) is 17.1 Å². The molecule has 3 rings (SSSR count). The second-order valence-electron chi connectivity index (χ2n) is 6.17. The van der Waals surface area contributed by atoms with Gasteiger partial charge < -0.3 is 32.7 Å². The van der Waals surface area contributed by atoms with E-state index in [-0.39, 0.29) is 17.6 Å². The van der Waals surface area contributed by atoms with Crippen LogP contribution >= 0.6 is 0 Å². The number of benzodiazepines with no additional fused rings is 1. The third-order valence-electron chi connectivity index (χ3n) is 4.09. The number of benzene rings is 2. The van der Waals surface area contributed by atoms with Gasteiger partial charge in [0, 0.05) is 17.3 Å². The highest BCUT2D eigenvalue weighted by Crippen LogP contribution is 2.24. The van der Waals surface area contributed by atoms with E-state index in [1.54, 1.807) is 6.07 Å². The zero-order valence-electron chi connectivity index (χ0n) is 15.9. The van der Waals surface area contributed by atoms with Crippen LogP contribution in [0.15, 0.2) is 88.3 Å². The van der Waals surface area contributed by atoms with Gasteiger partial charge >= 0.3 is 0 Å². The van der Waals surface area contributed by atoms with Crippen molar-refractivity contribution in [1.29, 1.82) is 5.41 Å². The molecule has 0 bridgehead atoms. The van der Waals surface area contributed by atoms with Crippen molar-refractivity contribution < 1.29 is 9.53 Å². The molecule has 1 amide bonds. The molecule has 0 saturated carbocycles. The van der Waals surface area contributed by atoms with Crippen LogP contribution in [0.1, 0.15) is 11.1 Å². The molecular formula is C21H21N7O2. The number of fused-ring (bicyclic) bond motifs is 1. The standard InChI is InChI=1S/C21H21N7O2/c22-12-6-10-15(23)18(24)30-21(25)28-19-20(29)26-16-11-5-4-9-14(16)17(27-19)13-7-2-1-3-8-13/h1-12,19,22H,23-24H2,(H2,25,28)(H,26,29). The van der Waals surface area contributed by atoms with Gasteiger partial charge in [0.1, 0.15) is 0 Å². The van der Waals surface area contributed by atoms with Crippen molar-refractivity contribution in [2.24, 2.45) is 27.2 Å². The summed E-state index contributed by atoms with van der Waals surface area (Å²) < 4.78 is 5.20. The summed E-state index contributed by atoms with van der Waals surface area (Å²) in [5.41, 5.74) is 20.1. The first-order valence-corrected chi connectivity index (χ1v) is 8.96. The molecule has 2 aromatic rings. The summed E-state index contributed by atoms with van der Waals surface area (Å²) in [5, 5.41) is 9.76. The molecule has 152 valence electrons. The first kappa shape index (κ1) is 20.3. The van der Waals surface area contributed by atoms with Gasteiger partial charge in [0.2, 0.25) is 12.0 Å². The average Bonchev–Trinajstić information content (AvgIpc) is 2.89. The summed E-state index contributed by atoms with van der Waals surface area (Å²) in [6.45, 7) is 0. The number of carbonyl (C=O) groups is 1. The Bertz CT molecular complexity index is 1070. The SMILES string of the molecule is N=CC=CC(N)=C(N)OC(N)=NC1N=C(c2ccccc2)c2ccccc2NC1=O. The fourth-order valence-electron chi connectivity index (χ4n) is 2.71. The van der Waals surface area contributed by atoms with Crippen LogP contribution in [0.2, 0.25) is 0 Å². The van der Waals surface area contributed by atoms with Crippen LogP contribution in [0.3, 0.4) is 0 Å². The number of hydrogen-bond donors (Lipinski definition) is 5. The molecule has 0 aromatic heterocycles. The van der Waals surface area contributed by atoms with Crippen molar-refractivity contribution in [3.05, 3.63) is 89.5 Å². The lowest BCUT2D eigenvalue weighted by Crippen LogP contribution is -2.29. The van der Waals surface area contributed by atoms with E-state index in [4.69, 9.17) is 27.3 Å². The number of hydrogen-bond acceptors (Lipinski definition) is 7. The quantitative estimate of drug-likeness (QED) is 0.220. The van der Waals surface area contributed by atoms with Crippen molar-refractivity contribution >= 4 is 29.5 Å². The smallest absolute Gasteiger partial charge is 0.291 e. The van der Waals surface area contributed by atoms with E-state index in [2.05, 4.69) is 15.3 Å². The molecule has 0 spiro atoms. The number of ether oxygens (including phenoxy) is 1. The van der Waals surface area contributed by atoms with Gasteiger partial charge in [0.15, 0.2) is 0 Å². The Labute approximate surface area is 173 Å². The second kappa shape index (κ2) is 9.20. The van der Waals surface area contributed by atoms with E-state index >= 15 is 0 Å². The number of carbonyl (C=O) groups excluding carboxylic acids is 1. The van der Waals surface area contributed by atoms with Gasteiger partial charge in [-0.3, -0.25) is 4.79 Å². The Balaban J connectivity index is 1.98. The van der Waals surface area contributed by atoms with E-state index in [1.807, 2.05) is 48.5 Å². The maximum absolute atomic E-state index is 12.7. The van der Waals surface area contributed by atoms with Crippen molar-refractivity contribution in [2.75, 3.05) is 5.32 Å². The molecule has 30 heavy (non-hydrogen) atoms. The molecule has 1 aliphatic heterocycles. The highest BCUT2D eigenvalue weighted by molar-refractivity contribution is 6.19. The lowest BCUT2D eigenvalue weighted by Gasteiger charge is -2.10. The largest absolute Gasteiger partial charge is 0.408 e. The molecule has 9 heteroatoms. The number of nitrogens with two attached hydrogens (primary N) is 3. The van der Waals surface area contributed by atoms with Crippen molar-refractivity contribution in [3.63, 3.8) is 0 Å². The number of aliphatic imine (C=N–C) groups is 2. The van der Waals surface area contributed by atoms with Gasteiger partial charge in [-0.15, -0.1) is 0 Å². The lowest BCUT2D eigenvalue weighted by atomic mass is 10.0. The monoisotopic (exact) mass is 403 g/mol. The summed E-state index contributed by atoms with van der Waals surface area (Å²) >= 11 is 0. The predicted octanol–water partition coefficient (Wildman–Crippen LogP) is 1.43. The number of amidine groups is 1. The van der Waals surface area contributed by atoms with Gasteiger partial charge in [-0.05, 0) is 18.2 Å². The Morgan fingerprint density at radius 3 is 2.53 bits per heavy atom. The van der Waals surface area contributed by atoms with Crippen LogP contribution in [0, 0.1) is 5.41 Å². The molecule has 8 N–H and O–H groups in total. The molecule has 1 aliphatic rings. The van der Waals surface area contributed by atoms with Crippen molar-refractivity contribution in [2.45, 2.75) is 6.17 Å².